The molecule has 13 heteroatoms. The molecule has 3 rings (SSSR count). The first-order chi connectivity index (χ1) is 14.1. The first kappa shape index (κ1) is 21.3. The Balaban J connectivity index is 2.02. The van der Waals surface area contributed by atoms with E-state index in [1.54, 1.807) is 4.72 Å². The summed E-state index contributed by atoms with van der Waals surface area (Å²) in [5, 5.41) is 0. The van der Waals surface area contributed by atoms with E-state index < -0.39 is 39.1 Å². The number of halogens is 3. The molecule has 0 aliphatic carbocycles. The topological polar surface area (TPSA) is 123 Å². The van der Waals surface area contributed by atoms with Crippen molar-refractivity contribution in [3.63, 3.8) is 0 Å². The van der Waals surface area contributed by atoms with Crippen molar-refractivity contribution in [2.45, 2.75) is 0 Å². The number of nitrogens with zero attached hydrogens (tertiary/aromatic N) is 4. The Kier molecular flexibility index (Phi) is 5.75. The minimum atomic E-state index is -4.27. The van der Waals surface area contributed by atoms with Crippen molar-refractivity contribution in [1.29, 1.82) is 0 Å². The first-order valence-electron chi connectivity index (χ1n) is 8.19. The predicted molar refractivity (Wildman–Crippen MR) is 102 cm³/mol. The Hall–Kier alpha value is -3.45. The van der Waals surface area contributed by atoms with Crippen LogP contribution in [0.1, 0.15) is 0 Å². The molecule has 0 amide bonds. The molecule has 2 heterocycles. The number of hydrogen-bond acceptors (Lipinski definition) is 7. The molecule has 0 saturated heterocycles. The molecule has 0 fully saturated rings. The highest BCUT2D eigenvalue weighted by Gasteiger charge is 2.25. The molecule has 0 spiro atoms. The molecule has 1 aromatic carbocycles. The molecule has 0 unspecified atom stereocenters. The summed E-state index contributed by atoms with van der Waals surface area (Å²) < 4.78 is 74.5. The highest BCUT2D eigenvalue weighted by Crippen LogP contribution is 2.35. The standard InChI is InChI=1S/C17H15F3N6O3S/c1-26(2)30(27,28)25-15-10(18)8-12(13(19)14(15)20)29-16-9(4-3-6-22-16)11-5-7-23-17(21)24-11/h3-8,25H,1-2H3,(H2,21,23,24). The zero-order valence-corrected chi connectivity index (χ0v) is 16.4. The quantitative estimate of drug-likeness (QED) is 0.565. The van der Waals surface area contributed by atoms with Gasteiger partial charge in [0.05, 0.1) is 11.3 Å². The van der Waals surface area contributed by atoms with Crippen LogP contribution in [0.3, 0.4) is 0 Å². The Labute approximate surface area is 169 Å². The van der Waals surface area contributed by atoms with E-state index in [4.69, 9.17) is 10.5 Å². The van der Waals surface area contributed by atoms with Crippen molar-refractivity contribution in [3.8, 4) is 22.9 Å². The minimum absolute atomic E-state index is 0.0388. The van der Waals surface area contributed by atoms with Crippen molar-refractivity contribution in [1.82, 2.24) is 19.3 Å². The second kappa shape index (κ2) is 8.12. The molecule has 0 bridgehead atoms. The van der Waals surface area contributed by atoms with E-state index in [9.17, 15) is 21.6 Å². The number of aromatic nitrogens is 3. The van der Waals surface area contributed by atoms with Gasteiger partial charge in [0, 0.05) is 32.6 Å². The van der Waals surface area contributed by atoms with E-state index in [0.717, 1.165) is 14.1 Å². The maximum Gasteiger partial charge on any atom is 0.301 e. The van der Waals surface area contributed by atoms with Crippen LogP contribution in [0.2, 0.25) is 0 Å². The maximum absolute atomic E-state index is 14.5. The largest absolute Gasteiger partial charge is 0.435 e. The van der Waals surface area contributed by atoms with E-state index in [1.165, 1.54) is 30.6 Å². The number of anilines is 2. The summed E-state index contributed by atoms with van der Waals surface area (Å²) in [5.41, 5.74) is 4.90. The van der Waals surface area contributed by atoms with Crippen LogP contribution in [-0.2, 0) is 10.2 Å². The van der Waals surface area contributed by atoms with Gasteiger partial charge in [0.15, 0.2) is 17.4 Å². The van der Waals surface area contributed by atoms with E-state index in [0.29, 0.717) is 10.4 Å². The van der Waals surface area contributed by atoms with Gasteiger partial charge in [-0.15, -0.1) is 0 Å². The number of nitrogens with one attached hydrogen (secondary N) is 1. The second-order valence-electron chi connectivity index (χ2n) is 6.01. The average Bonchev–Trinajstić information content (AvgIpc) is 2.69. The third-order valence-electron chi connectivity index (χ3n) is 3.76. The van der Waals surface area contributed by atoms with E-state index in [-0.39, 0.29) is 23.1 Å². The van der Waals surface area contributed by atoms with Gasteiger partial charge >= 0.3 is 10.2 Å². The molecule has 0 aliphatic rings. The Morgan fingerprint density at radius 3 is 2.50 bits per heavy atom. The molecule has 0 atom stereocenters. The lowest BCUT2D eigenvalue weighted by Crippen LogP contribution is -2.30. The van der Waals surface area contributed by atoms with Crippen molar-refractivity contribution in [3.05, 3.63) is 54.1 Å². The second-order valence-corrected chi connectivity index (χ2v) is 7.89. The highest BCUT2D eigenvalue weighted by atomic mass is 32.2. The van der Waals surface area contributed by atoms with Crippen molar-refractivity contribution in [2.75, 3.05) is 24.6 Å². The predicted octanol–water partition coefficient (Wildman–Crippen LogP) is 2.55. The zero-order valence-electron chi connectivity index (χ0n) is 15.6. The van der Waals surface area contributed by atoms with Crippen LogP contribution >= 0.6 is 0 Å². The zero-order chi connectivity index (χ0) is 22.1. The van der Waals surface area contributed by atoms with Gasteiger partial charge in [-0.05, 0) is 18.2 Å². The summed E-state index contributed by atoms with van der Waals surface area (Å²) in [6, 6.07) is 5.04. The third kappa shape index (κ3) is 4.26. The smallest absolute Gasteiger partial charge is 0.301 e. The van der Waals surface area contributed by atoms with Gasteiger partial charge in [-0.3, -0.25) is 4.72 Å². The number of nitrogens with two attached hydrogens (primary N) is 1. The van der Waals surface area contributed by atoms with Crippen LogP contribution in [-0.4, -0.2) is 41.8 Å². The van der Waals surface area contributed by atoms with Gasteiger partial charge in [-0.2, -0.15) is 17.1 Å². The molecule has 0 radical (unpaired) electrons. The molecule has 158 valence electrons. The lowest BCUT2D eigenvalue weighted by atomic mass is 10.2. The molecular weight excluding hydrogens is 425 g/mol. The van der Waals surface area contributed by atoms with Crippen molar-refractivity contribution in [2.24, 2.45) is 0 Å². The van der Waals surface area contributed by atoms with E-state index >= 15 is 0 Å². The monoisotopic (exact) mass is 440 g/mol. The number of nitrogen functional groups attached to an aromatic ring is 1. The summed E-state index contributed by atoms with van der Waals surface area (Å²) in [4.78, 5) is 11.7. The lowest BCUT2D eigenvalue weighted by Gasteiger charge is -2.16. The molecule has 0 saturated carbocycles. The molecule has 3 N–H and O–H groups in total. The SMILES string of the molecule is CN(C)S(=O)(=O)Nc1c(F)cc(Oc2ncccc2-c2ccnc(N)n2)c(F)c1F. The molecule has 30 heavy (non-hydrogen) atoms. The number of hydrogen-bond donors (Lipinski definition) is 2. The number of benzene rings is 1. The summed E-state index contributed by atoms with van der Waals surface area (Å²) in [7, 11) is -2.01. The number of pyridine rings is 1. The van der Waals surface area contributed by atoms with Gasteiger partial charge in [-0.1, -0.05) is 0 Å². The van der Waals surface area contributed by atoms with Crippen LogP contribution in [0.5, 0.6) is 11.6 Å². The molecule has 3 aromatic rings. The summed E-state index contributed by atoms with van der Waals surface area (Å²) in [6.45, 7) is 0. The van der Waals surface area contributed by atoms with Crippen LogP contribution < -0.4 is 15.2 Å². The number of ether oxygens (including phenoxy) is 1. The molecular formula is C17H15F3N6O3S. The van der Waals surface area contributed by atoms with E-state index in [1.807, 2.05) is 0 Å². The third-order valence-corrected chi connectivity index (χ3v) is 5.19. The van der Waals surface area contributed by atoms with Gasteiger partial charge in [0.1, 0.15) is 5.69 Å². The van der Waals surface area contributed by atoms with Crippen molar-refractivity contribution >= 4 is 21.8 Å². The Morgan fingerprint density at radius 1 is 1.10 bits per heavy atom. The van der Waals surface area contributed by atoms with Gasteiger partial charge in [0.25, 0.3) is 0 Å². The lowest BCUT2D eigenvalue weighted by molar-refractivity contribution is 0.401. The van der Waals surface area contributed by atoms with Gasteiger partial charge in [-0.25, -0.2) is 23.7 Å². The molecule has 2 aromatic heterocycles. The Morgan fingerprint density at radius 2 is 1.83 bits per heavy atom. The first-order valence-corrected chi connectivity index (χ1v) is 9.63. The van der Waals surface area contributed by atoms with Crippen LogP contribution in [0.25, 0.3) is 11.3 Å². The minimum Gasteiger partial charge on any atom is -0.435 e. The number of rotatable bonds is 6. The van der Waals surface area contributed by atoms with Crippen molar-refractivity contribution < 1.29 is 26.3 Å². The summed E-state index contributed by atoms with van der Waals surface area (Å²) in [6.07, 6.45) is 2.69. The van der Waals surface area contributed by atoms with Crippen LogP contribution in [0.4, 0.5) is 24.8 Å². The fourth-order valence-corrected chi connectivity index (χ4v) is 2.88. The fraction of sp³-hybridized carbons (Fsp3) is 0.118. The summed E-state index contributed by atoms with van der Waals surface area (Å²) in [5.74, 6) is -5.89. The van der Waals surface area contributed by atoms with Gasteiger partial charge in [0.2, 0.25) is 17.6 Å². The van der Waals surface area contributed by atoms with Gasteiger partial charge < -0.3 is 10.5 Å². The maximum atomic E-state index is 14.5. The molecule has 9 nitrogen and oxygen atoms in total. The van der Waals surface area contributed by atoms with E-state index in [2.05, 4.69) is 15.0 Å². The Bertz CT molecular complexity index is 1210. The average molecular weight is 440 g/mol. The molecule has 0 aliphatic heterocycles. The summed E-state index contributed by atoms with van der Waals surface area (Å²) >= 11 is 0. The fourth-order valence-electron chi connectivity index (χ4n) is 2.26. The highest BCUT2D eigenvalue weighted by molar-refractivity contribution is 7.90. The normalized spacial score (nSPS) is 11.5. The van der Waals surface area contributed by atoms with Crippen LogP contribution in [0.15, 0.2) is 36.7 Å². The van der Waals surface area contributed by atoms with Crippen LogP contribution in [0, 0.1) is 17.5 Å².